The van der Waals surface area contributed by atoms with Crippen LogP contribution in [0.5, 0.6) is 0 Å². The highest BCUT2D eigenvalue weighted by molar-refractivity contribution is 7.11. The number of guanidine groups is 1. The molecule has 5 nitrogen and oxygen atoms in total. The van der Waals surface area contributed by atoms with E-state index in [9.17, 15) is 0 Å². The molecule has 22 heavy (non-hydrogen) atoms. The van der Waals surface area contributed by atoms with Crippen LogP contribution in [0, 0.1) is 13.8 Å². The molecule has 0 saturated carbocycles. The molecule has 2 aromatic rings. The first kappa shape index (κ1) is 16.4. The average molecular weight is 317 g/mol. The minimum Gasteiger partial charge on any atom is -0.356 e. The third-order valence-corrected chi connectivity index (χ3v) is 4.40. The van der Waals surface area contributed by atoms with E-state index in [0.717, 1.165) is 48.3 Å². The van der Waals surface area contributed by atoms with E-state index in [2.05, 4.69) is 32.5 Å². The lowest BCUT2D eigenvalue weighted by Gasteiger charge is -2.11. The summed E-state index contributed by atoms with van der Waals surface area (Å²) in [4.78, 5) is 14.3. The number of thiazole rings is 1. The number of nitrogens with one attached hydrogen (secondary N) is 2. The predicted octanol–water partition coefficient (Wildman–Crippen LogP) is 2.11. The lowest BCUT2D eigenvalue weighted by Crippen LogP contribution is -2.39. The van der Waals surface area contributed by atoms with Gasteiger partial charge in [0, 0.05) is 49.7 Å². The van der Waals surface area contributed by atoms with Gasteiger partial charge in [-0.05, 0) is 26.0 Å². The van der Waals surface area contributed by atoms with E-state index in [1.54, 1.807) is 18.4 Å². The molecule has 2 heterocycles. The summed E-state index contributed by atoms with van der Waals surface area (Å²) < 4.78 is 0. The van der Waals surface area contributed by atoms with Crippen LogP contribution >= 0.6 is 11.3 Å². The summed E-state index contributed by atoms with van der Waals surface area (Å²) >= 11 is 1.77. The van der Waals surface area contributed by atoms with Gasteiger partial charge in [-0.15, -0.1) is 11.3 Å². The van der Waals surface area contributed by atoms with Crippen LogP contribution in [0.4, 0.5) is 0 Å². The summed E-state index contributed by atoms with van der Waals surface area (Å²) in [6.45, 7) is 5.78. The smallest absolute Gasteiger partial charge is 0.191 e. The van der Waals surface area contributed by atoms with Crippen LogP contribution in [0.25, 0.3) is 0 Å². The fourth-order valence-electron chi connectivity index (χ4n) is 2.18. The predicted molar refractivity (Wildman–Crippen MR) is 92.6 cm³/mol. The van der Waals surface area contributed by atoms with Gasteiger partial charge in [0.2, 0.25) is 0 Å². The first-order chi connectivity index (χ1) is 10.7. The zero-order valence-electron chi connectivity index (χ0n) is 13.4. The lowest BCUT2D eigenvalue weighted by atomic mass is 10.3. The molecule has 0 fully saturated rings. The Bertz CT molecular complexity index is 606. The van der Waals surface area contributed by atoms with Crippen molar-refractivity contribution < 1.29 is 0 Å². The Kier molecular flexibility index (Phi) is 6.33. The molecule has 0 spiro atoms. The minimum atomic E-state index is 0.815. The van der Waals surface area contributed by atoms with Crippen molar-refractivity contribution >= 4 is 17.3 Å². The highest BCUT2D eigenvalue weighted by Crippen LogP contribution is 2.16. The van der Waals surface area contributed by atoms with Crippen LogP contribution in [0.1, 0.15) is 21.3 Å². The van der Waals surface area contributed by atoms with E-state index in [-0.39, 0.29) is 0 Å². The zero-order chi connectivity index (χ0) is 15.8. The zero-order valence-corrected chi connectivity index (χ0v) is 14.2. The highest BCUT2D eigenvalue weighted by atomic mass is 32.1. The van der Waals surface area contributed by atoms with Gasteiger partial charge in [0.1, 0.15) is 0 Å². The summed E-state index contributed by atoms with van der Waals surface area (Å²) in [5.41, 5.74) is 2.23. The number of rotatable bonds is 6. The fourth-order valence-corrected chi connectivity index (χ4v) is 3.11. The van der Waals surface area contributed by atoms with Crippen molar-refractivity contribution in [3.8, 4) is 0 Å². The third kappa shape index (κ3) is 5.11. The summed E-state index contributed by atoms with van der Waals surface area (Å²) in [5, 5.41) is 7.78. The number of hydrogen-bond donors (Lipinski definition) is 2. The second-order valence-corrected chi connectivity index (χ2v) is 6.28. The maximum atomic E-state index is 4.45. The maximum absolute atomic E-state index is 4.45. The van der Waals surface area contributed by atoms with Gasteiger partial charge in [0.15, 0.2) is 5.96 Å². The van der Waals surface area contributed by atoms with E-state index in [0.29, 0.717) is 0 Å². The van der Waals surface area contributed by atoms with Crippen LogP contribution < -0.4 is 10.6 Å². The van der Waals surface area contributed by atoms with E-state index >= 15 is 0 Å². The molecular formula is C16H23N5S. The molecule has 0 atom stereocenters. The van der Waals surface area contributed by atoms with Crippen LogP contribution in [0.3, 0.4) is 0 Å². The molecule has 0 bridgehead atoms. The summed E-state index contributed by atoms with van der Waals surface area (Å²) in [5.74, 6) is 0.829. The summed E-state index contributed by atoms with van der Waals surface area (Å²) in [7, 11) is 1.79. The molecular weight excluding hydrogens is 294 g/mol. The van der Waals surface area contributed by atoms with Gasteiger partial charge in [-0.25, -0.2) is 4.98 Å². The van der Waals surface area contributed by atoms with Crippen LogP contribution in [0.2, 0.25) is 0 Å². The fraction of sp³-hybridized carbons (Fsp3) is 0.438. The van der Waals surface area contributed by atoms with E-state index in [1.165, 1.54) is 4.88 Å². The van der Waals surface area contributed by atoms with Gasteiger partial charge in [-0.3, -0.25) is 9.98 Å². The number of aryl methyl sites for hydroxylation is 2. The number of pyridine rings is 1. The van der Waals surface area contributed by atoms with E-state index in [1.807, 2.05) is 31.3 Å². The molecule has 0 amide bonds. The molecule has 0 unspecified atom stereocenters. The maximum Gasteiger partial charge on any atom is 0.191 e. The normalized spacial score (nSPS) is 11.5. The van der Waals surface area contributed by atoms with Gasteiger partial charge >= 0.3 is 0 Å². The molecule has 0 aromatic carbocycles. The van der Waals surface area contributed by atoms with Gasteiger partial charge in [-0.2, -0.15) is 0 Å². The average Bonchev–Trinajstić information content (AvgIpc) is 2.84. The van der Waals surface area contributed by atoms with Crippen LogP contribution in [-0.4, -0.2) is 36.1 Å². The Balaban J connectivity index is 1.70. The quantitative estimate of drug-likeness (QED) is 0.633. The van der Waals surface area contributed by atoms with E-state index < -0.39 is 0 Å². The monoisotopic (exact) mass is 317 g/mol. The number of aliphatic imine (C=N–C) groups is 1. The third-order valence-electron chi connectivity index (χ3n) is 3.27. The molecule has 0 aliphatic heterocycles. The molecule has 6 heteroatoms. The second-order valence-electron chi connectivity index (χ2n) is 4.99. The Labute approximate surface area is 135 Å². The Morgan fingerprint density at radius 2 is 1.95 bits per heavy atom. The largest absolute Gasteiger partial charge is 0.356 e. The first-order valence-electron chi connectivity index (χ1n) is 7.46. The standard InChI is InChI=1S/C16H23N5S/c1-12-15(22-13(2)21-12)8-11-20-16(17-3)19-10-7-14-6-4-5-9-18-14/h4-6,9H,7-8,10-11H2,1-3H3,(H2,17,19,20). The lowest BCUT2D eigenvalue weighted by molar-refractivity contribution is 0.777. The van der Waals surface area contributed by atoms with Crippen LogP contribution in [-0.2, 0) is 12.8 Å². The molecule has 2 rings (SSSR count). The summed E-state index contributed by atoms with van der Waals surface area (Å²) in [6, 6.07) is 5.97. The van der Waals surface area contributed by atoms with Gasteiger partial charge in [0.05, 0.1) is 10.7 Å². The number of hydrogen-bond acceptors (Lipinski definition) is 4. The number of nitrogens with zero attached hydrogens (tertiary/aromatic N) is 3. The van der Waals surface area contributed by atoms with E-state index in [4.69, 9.17) is 0 Å². The van der Waals surface area contributed by atoms with Gasteiger partial charge in [0.25, 0.3) is 0 Å². The number of aromatic nitrogens is 2. The van der Waals surface area contributed by atoms with Crippen molar-refractivity contribution in [2.24, 2.45) is 4.99 Å². The molecule has 118 valence electrons. The molecule has 2 N–H and O–H groups in total. The Hall–Kier alpha value is -1.95. The molecule has 2 aromatic heterocycles. The Morgan fingerprint density at radius 3 is 2.55 bits per heavy atom. The topological polar surface area (TPSA) is 62.2 Å². The SMILES string of the molecule is CN=C(NCCc1ccccn1)NCCc1sc(C)nc1C. The second kappa shape index (κ2) is 8.48. The van der Waals surface area contributed by atoms with Crippen molar-refractivity contribution in [2.75, 3.05) is 20.1 Å². The van der Waals surface area contributed by atoms with Gasteiger partial charge in [-0.1, -0.05) is 6.07 Å². The molecule has 0 radical (unpaired) electrons. The Morgan fingerprint density at radius 1 is 1.18 bits per heavy atom. The highest BCUT2D eigenvalue weighted by Gasteiger charge is 2.05. The van der Waals surface area contributed by atoms with Crippen molar-refractivity contribution in [1.29, 1.82) is 0 Å². The van der Waals surface area contributed by atoms with Crippen molar-refractivity contribution in [3.63, 3.8) is 0 Å². The molecule has 0 aliphatic rings. The van der Waals surface area contributed by atoms with Crippen molar-refractivity contribution in [3.05, 3.63) is 45.7 Å². The first-order valence-corrected chi connectivity index (χ1v) is 8.28. The van der Waals surface area contributed by atoms with Crippen molar-refractivity contribution in [1.82, 2.24) is 20.6 Å². The summed E-state index contributed by atoms with van der Waals surface area (Å²) in [6.07, 6.45) is 3.68. The molecule has 0 aliphatic carbocycles. The van der Waals surface area contributed by atoms with Gasteiger partial charge < -0.3 is 10.6 Å². The van der Waals surface area contributed by atoms with Crippen LogP contribution in [0.15, 0.2) is 29.4 Å². The molecule has 0 saturated heterocycles. The van der Waals surface area contributed by atoms with Crippen molar-refractivity contribution in [2.45, 2.75) is 26.7 Å². The minimum absolute atomic E-state index is 0.815.